The third-order valence-electron chi connectivity index (χ3n) is 3.54. The molecule has 0 atom stereocenters. The highest BCUT2D eigenvalue weighted by Crippen LogP contribution is 2.12. The molecule has 1 fully saturated rings. The van der Waals surface area contributed by atoms with Gasteiger partial charge in [0.05, 0.1) is 6.54 Å². The molecule has 4 heteroatoms. The second-order valence-corrected chi connectivity index (χ2v) is 5.96. The molecule has 0 bridgehead atoms. The lowest BCUT2D eigenvalue weighted by Crippen LogP contribution is -2.47. The molecular formula is C15H21BrN2O. The van der Waals surface area contributed by atoms with Crippen molar-refractivity contribution in [2.45, 2.75) is 13.3 Å². The Morgan fingerprint density at radius 1 is 1.11 bits per heavy atom. The van der Waals surface area contributed by atoms with E-state index in [-0.39, 0.29) is 5.78 Å². The van der Waals surface area contributed by atoms with Gasteiger partial charge in [-0.15, -0.1) is 0 Å². The average Bonchev–Trinajstić information content (AvgIpc) is 2.42. The van der Waals surface area contributed by atoms with E-state index in [0.717, 1.165) is 36.2 Å². The van der Waals surface area contributed by atoms with E-state index in [1.807, 2.05) is 24.3 Å². The normalized spacial score (nSPS) is 17.6. The number of hydrogen-bond acceptors (Lipinski definition) is 3. The van der Waals surface area contributed by atoms with Crippen LogP contribution in [0.5, 0.6) is 0 Å². The molecule has 1 aliphatic heterocycles. The van der Waals surface area contributed by atoms with E-state index >= 15 is 0 Å². The van der Waals surface area contributed by atoms with Crippen LogP contribution in [0.25, 0.3) is 0 Å². The molecule has 1 aliphatic rings. The van der Waals surface area contributed by atoms with Gasteiger partial charge in [0.25, 0.3) is 0 Å². The number of rotatable bonds is 5. The molecule has 104 valence electrons. The van der Waals surface area contributed by atoms with E-state index in [9.17, 15) is 4.79 Å². The van der Waals surface area contributed by atoms with Crippen molar-refractivity contribution < 1.29 is 4.79 Å². The largest absolute Gasteiger partial charge is 0.301 e. The van der Waals surface area contributed by atoms with E-state index < -0.39 is 0 Å². The van der Waals surface area contributed by atoms with Crippen LogP contribution in [0.4, 0.5) is 0 Å². The fourth-order valence-electron chi connectivity index (χ4n) is 2.42. The maximum atomic E-state index is 12.2. The quantitative estimate of drug-likeness (QED) is 0.778. The van der Waals surface area contributed by atoms with Gasteiger partial charge in [0.1, 0.15) is 0 Å². The fourth-order valence-corrected chi connectivity index (χ4v) is 2.68. The fraction of sp³-hybridized carbons (Fsp3) is 0.533. The van der Waals surface area contributed by atoms with Crippen LogP contribution in [-0.4, -0.2) is 54.9 Å². The van der Waals surface area contributed by atoms with Crippen molar-refractivity contribution in [3.05, 3.63) is 34.3 Å². The lowest BCUT2D eigenvalue weighted by atomic mass is 10.1. The molecule has 2 rings (SSSR count). The van der Waals surface area contributed by atoms with E-state index in [1.165, 1.54) is 13.0 Å². The molecule has 1 aromatic carbocycles. The molecule has 19 heavy (non-hydrogen) atoms. The van der Waals surface area contributed by atoms with Crippen molar-refractivity contribution in [2.24, 2.45) is 0 Å². The predicted molar refractivity (Wildman–Crippen MR) is 81.6 cm³/mol. The molecule has 1 aromatic rings. The maximum absolute atomic E-state index is 12.2. The molecular weight excluding hydrogens is 304 g/mol. The Morgan fingerprint density at radius 2 is 1.68 bits per heavy atom. The summed E-state index contributed by atoms with van der Waals surface area (Å²) in [5.41, 5.74) is 0.805. The van der Waals surface area contributed by atoms with Gasteiger partial charge in [-0.2, -0.15) is 0 Å². The Labute approximate surface area is 123 Å². The van der Waals surface area contributed by atoms with Gasteiger partial charge < -0.3 is 4.90 Å². The van der Waals surface area contributed by atoms with Gasteiger partial charge in [-0.25, -0.2) is 0 Å². The van der Waals surface area contributed by atoms with Crippen LogP contribution in [0.1, 0.15) is 23.7 Å². The van der Waals surface area contributed by atoms with Gasteiger partial charge in [0, 0.05) is 36.2 Å². The van der Waals surface area contributed by atoms with Crippen molar-refractivity contribution in [3.63, 3.8) is 0 Å². The summed E-state index contributed by atoms with van der Waals surface area (Å²) in [5.74, 6) is 0.219. The molecule has 0 unspecified atom stereocenters. The predicted octanol–water partition coefficient (Wildman–Crippen LogP) is 2.66. The van der Waals surface area contributed by atoms with E-state index in [1.54, 1.807) is 0 Å². The highest BCUT2D eigenvalue weighted by Gasteiger charge is 2.18. The number of nitrogens with zero attached hydrogens (tertiary/aromatic N) is 2. The van der Waals surface area contributed by atoms with Gasteiger partial charge in [0.2, 0.25) is 0 Å². The minimum absolute atomic E-state index is 0.219. The van der Waals surface area contributed by atoms with Gasteiger partial charge in [0.15, 0.2) is 5.78 Å². The van der Waals surface area contributed by atoms with E-state index in [0.29, 0.717) is 6.54 Å². The second-order valence-electron chi connectivity index (χ2n) is 5.05. The summed E-state index contributed by atoms with van der Waals surface area (Å²) in [6.45, 7) is 8.10. The first-order chi connectivity index (χ1) is 9.19. The molecule has 3 nitrogen and oxygen atoms in total. The Hall–Kier alpha value is -0.710. The Morgan fingerprint density at radius 3 is 2.26 bits per heavy atom. The third-order valence-corrected chi connectivity index (χ3v) is 4.07. The first kappa shape index (κ1) is 14.7. The lowest BCUT2D eigenvalue weighted by molar-refractivity contribution is 0.0853. The van der Waals surface area contributed by atoms with Crippen LogP contribution in [-0.2, 0) is 0 Å². The van der Waals surface area contributed by atoms with E-state index in [4.69, 9.17) is 0 Å². The number of ketones is 1. The van der Waals surface area contributed by atoms with Crippen LogP contribution in [0, 0.1) is 0 Å². The highest BCUT2D eigenvalue weighted by molar-refractivity contribution is 9.10. The van der Waals surface area contributed by atoms with Crippen molar-refractivity contribution >= 4 is 21.7 Å². The number of carbonyl (C=O) groups excluding carboxylic acids is 1. The van der Waals surface area contributed by atoms with Crippen LogP contribution < -0.4 is 0 Å². The van der Waals surface area contributed by atoms with Crippen LogP contribution in [0.2, 0.25) is 0 Å². The molecule has 0 amide bonds. The number of piperazine rings is 1. The molecule has 0 saturated carbocycles. The molecule has 1 saturated heterocycles. The zero-order chi connectivity index (χ0) is 13.7. The Kier molecular flexibility index (Phi) is 5.55. The minimum atomic E-state index is 0.219. The van der Waals surface area contributed by atoms with E-state index in [2.05, 4.69) is 32.7 Å². The zero-order valence-electron chi connectivity index (χ0n) is 11.4. The summed E-state index contributed by atoms with van der Waals surface area (Å²) in [7, 11) is 0. The van der Waals surface area contributed by atoms with Gasteiger partial charge >= 0.3 is 0 Å². The summed E-state index contributed by atoms with van der Waals surface area (Å²) in [5, 5.41) is 0. The topological polar surface area (TPSA) is 23.6 Å². The molecule has 0 spiro atoms. The third kappa shape index (κ3) is 4.41. The van der Waals surface area contributed by atoms with Crippen LogP contribution in [0.15, 0.2) is 28.7 Å². The second kappa shape index (κ2) is 7.17. The molecule has 0 N–H and O–H groups in total. The standard InChI is InChI=1S/C15H21BrN2O/c1-2-7-17-8-10-18(11-9-17)12-15(19)13-3-5-14(16)6-4-13/h3-6H,2,7-12H2,1H3. The van der Waals surface area contributed by atoms with Crippen molar-refractivity contribution in [2.75, 3.05) is 39.3 Å². The van der Waals surface area contributed by atoms with Gasteiger partial charge in [-0.05, 0) is 25.1 Å². The molecule has 0 aromatic heterocycles. The van der Waals surface area contributed by atoms with Crippen molar-refractivity contribution in [1.29, 1.82) is 0 Å². The number of carbonyl (C=O) groups is 1. The number of Topliss-reactive ketones (excluding diaryl/α,β-unsaturated/α-hetero) is 1. The summed E-state index contributed by atoms with van der Waals surface area (Å²) < 4.78 is 1.01. The number of hydrogen-bond donors (Lipinski definition) is 0. The lowest BCUT2D eigenvalue weighted by Gasteiger charge is -2.34. The van der Waals surface area contributed by atoms with Crippen LogP contribution in [0.3, 0.4) is 0 Å². The number of halogens is 1. The Balaban J connectivity index is 1.82. The molecule has 1 heterocycles. The SMILES string of the molecule is CCCN1CCN(CC(=O)c2ccc(Br)cc2)CC1. The summed E-state index contributed by atoms with van der Waals surface area (Å²) in [6, 6.07) is 7.62. The maximum Gasteiger partial charge on any atom is 0.176 e. The summed E-state index contributed by atoms with van der Waals surface area (Å²) >= 11 is 3.39. The van der Waals surface area contributed by atoms with Crippen molar-refractivity contribution in [1.82, 2.24) is 9.80 Å². The summed E-state index contributed by atoms with van der Waals surface area (Å²) in [4.78, 5) is 16.9. The van der Waals surface area contributed by atoms with Gasteiger partial charge in [-0.3, -0.25) is 9.69 Å². The number of benzene rings is 1. The monoisotopic (exact) mass is 324 g/mol. The molecule has 0 radical (unpaired) electrons. The highest BCUT2D eigenvalue weighted by atomic mass is 79.9. The first-order valence-electron chi connectivity index (χ1n) is 6.92. The average molecular weight is 325 g/mol. The van der Waals surface area contributed by atoms with Crippen LogP contribution >= 0.6 is 15.9 Å². The smallest absolute Gasteiger partial charge is 0.176 e. The minimum Gasteiger partial charge on any atom is -0.301 e. The summed E-state index contributed by atoms with van der Waals surface area (Å²) in [6.07, 6.45) is 1.21. The molecule has 0 aliphatic carbocycles. The van der Waals surface area contributed by atoms with Gasteiger partial charge in [-0.1, -0.05) is 35.0 Å². The zero-order valence-corrected chi connectivity index (χ0v) is 13.0. The Bertz CT molecular complexity index is 411. The first-order valence-corrected chi connectivity index (χ1v) is 7.72. The van der Waals surface area contributed by atoms with Crippen molar-refractivity contribution in [3.8, 4) is 0 Å².